The number of hydrogen-bond donors (Lipinski definition) is 2. The number of aliphatic hydroxyl groups excluding tert-OH is 1. The van der Waals surface area contributed by atoms with Crippen LogP contribution in [-0.2, 0) is 6.54 Å². The van der Waals surface area contributed by atoms with Crippen molar-refractivity contribution in [1.29, 1.82) is 0 Å². The second kappa shape index (κ2) is 7.78. The third kappa shape index (κ3) is 5.74. The van der Waals surface area contributed by atoms with Gasteiger partial charge in [0.25, 0.3) is 0 Å². The number of urea groups is 1. The lowest BCUT2D eigenvalue weighted by molar-refractivity contribution is 0.119. The summed E-state index contributed by atoms with van der Waals surface area (Å²) >= 11 is 0. The highest BCUT2D eigenvalue weighted by Gasteiger charge is 2.17. The largest absolute Gasteiger partial charge is 0.392 e. The minimum absolute atomic E-state index is 0.0725. The average molecular weight is 268 g/mol. The van der Waals surface area contributed by atoms with Gasteiger partial charge in [0, 0.05) is 38.1 Å². The van der Waals surface area contributed by atoms with Gasteiger partial charge in [-0.3, -0.25) is 0 Å². The maximum Gasteiger partial charge on any atom is 0.317 e. The average Bonchev–Trinajstić information content (AvgIpc) is 2.83. The first-order valence-electron chi connectivity index (χ1n) is 6.69. The molecular formula is C13H24N4O2. The Bertz CT molecular complexity index is 363. The molecule has 0 aliphatic rings. The molecule has 1 rings (SSSR count). The van der Waals surface area contributed by atoms with Crippen molar-refractivity contribution in [2.45, 2.75) is 45.9 Å². The normalized spacial score (nSPS) is 12.5. The molecule has 6 heteroatoms. The van der Waals surface area contributed by atoms with E-state index in [0.29, 0.717) is 13.1 Å². The minimum Gasteiger partial charge on any atom is -0.392 e. The van der Waals surface area contributed by atoms with Crippen molar-refractivity contribution in [3.63, 3.8) is 0 Å². The molecular weight excluding hydrogens is 244 g/mol. The van der Waals surface area contributed by atoms with Crippen LogP contribution in [0.25, 0.3) is 0 Å². The summed E-state index contributed by atoms with van der Waals surface area (Å²) in [5, 5.41) is 12.3. The zero-order valence-corrected chi connectivity index (χ0v) is 11.9. The summed E-state index contributed by atoms with van der Waals surface area (Å²) in [5.41, 5.74) is 0. The summed E-state index contributed by atoms with van der Waals surface area (Å²) in [6.07, 6.45) is 5.73. The van der Waals surface area contributed by atoms with Crippen molar-refractivity contribution >= 4 is 6.03 Å². The van der Waals surface area contributed by atoms with Crippen LogP contribution in [0.3, 0.4) is 0 Å². The fourth-order valence-electron chi connectivity index (χ4n) is 1.79. The topological polar surface area (TPSA) is 70.4 Å². The molecule has 1 aromatic rings. The number of aromatic nitrogens is 2. The Morgan fingerprint density at radius 3 is 2.74 bits per heavy atom. The summed E-state index contributed by atoms with van der Waals surface area (Å²) in [7, 11) is 0. The van der Waals surface area contributed by atoms with Crippen LogP contribution in [0.2, 0.25) is 0 Å². The van der Waals surface area contributed by atoms with E-state index in [0.717, 1.165) is 13.0 Å². The van der Waals surface area contributed by atoms with Crippen molar-refractivity contribution in [3.8, 4) is 0 Å². The molecule has 0 radical (unpaired) electrons. The number of carbonyl (C=O) groups excluding carboxylic acids is 1. The van der Waals surface area contributed by atoms with Gasteiger partial charge in [-0.15, -0.1) is 0 Å². The summed E-state index contributed by atoms with van der Waals surface area (Å²) in [6, 6.07) is -0.0511. The summed E-state index contributed by atoms with van der Waals surface area (Å²) in [6.45, 7) is 7.35. The quantitative estimate of drug-likeness (QED) is 0.727. The van der Waals surface area contributed by atoms with Crippen molar-refractivity contribution in [1.82, 2.24) is 19.8 Å². The first-order valence-corrected chi connectivity index (χ1v) is 6.69. The van der Waals surface area contributed by atoms with Gasteiger partial charge in [0.1, 0.15) is 0 Å². The Labute approximate surface area is 114 Å². The first-order chi connectivity index (χ1) is 9.00. The van der Waals surface area contributed by atoms with Gasteiger partial charge in [0.05, 0.1) is 12.4 Å². The smallest absolute Gasteiger partial charge is 0.317 e. The number of nitrogens with zero attached hydrogens (tertiary/aromatic N) is 3. The zero-order chi connectivity index (χ0) is 14.3. The maximum atomic E-state index is 12.0. The molecule has 19 heavy (non-hydrogen) atoms. The molecule has 2 N–H and O–H groups in total. The molecule has 0 bridgehead atoms. The van der Waals surface area contributed by atoms with Crippen molar-refractivity contribution in [2.24, 2.45) is 0 Å². The van der Waals surface area contributed by atoms with Crippen LogP contribution in [0.1, 0.15) is 27.2 Å². The third-order valence-electron chi connectivity index (χ3n) is 2.77. The highest BCUT2D eigenvalue weighted by molar-refractivity contribution is 5.74. The Morgan fingerprint density at radius 1 is 1.47 bits per heavy atom. The maximum absolute atomic E-state index is 12.0. The van der Waals surface area contributed by atoms with E-state index < -0.39 is 6.10 Å². The second-order valence-corrected chi connectivity index (χ2v) is 4.98. The number of carbonyl (C=O) groups is 1. The third-order valence-corrected chi connectivity index (χ3v) is 2.77. The number of imidazole rings is 1. The van der Waals surface area contributed by atoms with Gasteiger partial charge in [-0.1, -0.05) is 0 Å². The lowest BCUT2D eigenvalue weighted by atomic mass is 10.3. The van der Waals surface area contributed by atoms with Crippen molar-refractivity contribution < 1.29 is 9.90 Å². The number of aliphatic hydroxyl groups is 1. The first kappa shape index (κ1) is 15.5. The van der Waals surface area contributed by atoms with Crippen LogP contribution in [-0.4, -0.2) is 50.8 Å². The highest BCUT2D eigenvalue weighted by Crippen LogP contribution is 2.01. The van der Waals surface area contributed by atoms with Gasteiger partial charge in [0.2, 0.25) is 0 Å². The SMILES string of the molecule is CC(C)N(C[C@H](C)O)C(=O)NCCCn1ccnc1. The van der Waals surface area contributed by atoms with Gasteiger partial charge >= 0.3 is 6.03 Å². The van der Waals surface area contributed by atoms with Crippen LogP contribution >= 0.6 is 0 Å². The molecule has 2 amide bonds. The van der Waals surface area contributed by atoms with E-state index in [1.165, 1.54) is 0 Å². The Kier molecular flexibility index (Phi) is 6.35. The fourth-order valence-corrected chi connectivity index (χ4v) is 1.79. The lowest BCUT2D eigenvalue weighted by Crippen LogP contribution is -2.47. The lowest BCUT2D eigenvalue weighted by Gasteiger charge is -2.28. The summed E-state index contributed by atoms with van der Waals surface area (Å²) in [4.78, 5) is 17.6. The Morgan fingerprint density at radius 2 is 2.21 bits per heavy atom. The zero-order valence-electron chi connectivity index (χ0n) is 11.9. The van der Waals surface area contributed by atoms with E-state index in [1.807, 2.05) is 24.6 Å². The number of amides is 2. The Hall–Kier alpha value is -1.56. The Balaban J connectivity index is 2.28. The molecule has 6 nitrogen and oxygen atoms in total. The molecule has 108 valence electrons. The van der Waals surface area contributed by atoms with E-state index in [-0.39, 0.29) is 12.1 Å². The van der Waals surface area contributed by atoms with E-state index in [1.54, 1.807) is 24.3 Å². The highest BCUT2D eigenvalue weighted by atomic mass is 16.3. The van der Waals surface area contributed by atoms with E-state index in [2.05, 4.69) is 10.3 Å². The van der Waals surface area contributed by atoms with Gasteiger partial charge in [-0.2, -0.15) is 0 Å². The van der Waals surface area contributed by atoms with Gasteiger partial charge < -0.3 is 19.9 Å². The summed E-state index contributed by atoms with van der Waals surface area (Å²) in [5.74, 6) is 0. The van der Waals surface area contributed by atoms with Crippen LogP contribution in [0.15, 0.2) is 18.7 Å². The number of aryl methyl sites for hydroxylation is 1. The molecule has 0 spiro atoms. The van der Waals surface area contributed by atoms with E-state index >= 15 is 0 Å². The fraction of sp³-hybridized carbons (Fsp3) is 0.692. The van der Waals surface area contributed by atoms with E-state index in [4.69, 9.17) is 0 Å². The molecule has 0 unspecified atom stereocenters. The standard InChI is InChI=1S/C13H24N4O2/c1-11(2)17(9-12(3)18)13(19)15-5-4-7-16-8-6-14-10-16/h6,8,10-12,18H,4-5,7,9H2,1-3H3,(H,15,19)/t12-/m0/s1. The van der Waals surface area contributed by atoms with Gasteiger partial charge in [-0.05, 0) is 27.2 Å². The van der Waals surface area contributed by atoms with Crippen LogP contribution in [0.5, 0.6) is 0 Å². The predicted molar refractivity (Wildman–Crippen MR) is 73.8 cm³/mol. The molecule has 0 aliphatic carbocycles. The van der Waals surface area contributed by atoms with Gasteiger partial charge in [0.15, 0.2) is 0 Å². The molecule has 0 aliphatic heterocycles. The second-order valence-electron chi connectivity index (χ2n) is 4.98. The molecule has 0 saturated carbocycles. The van der Waals surface area contributed by atoms with Gasteiger partial charge in [-0.25, -0.2) is 9.78 Å². The number of rotatable bonds is 7. The number of nitrogens with one attached hydrogen (secondary N) is 1. The molecule has 0 saturated heterocycles. The molecule has 1 atom stereocenters. The molecule has 1 aromatic heterocycles. The predicted octanol–water partition coefficient (Wildman–Crippen LogP) is 1.07. The molecule has 0 fully saturated rings. The van der Waals surface area contributed by atoms with Crippen LogP contribution in [0, 0.1) is 0 Å². The molecule has 0 aromatic carbocycles. The van der Waals surface area contributed by atoms with Crippen LogP contribution in [0.4, 0.5) is 4.79 Å². The minimum atomic E-state index is -0.515. The summed E-state index contributed by atoms with van der Waals surface area (Å²) < 4.78 is 1.97. The number of hydrogen-bond acceptors (Lipinski definition) is 3. The molecule has 1 heterocycles. The van der Waals surface area contributed by atoms with Crippen LogP contribution < -0.4 is 5.32 Å². The van der Waals surface area contributed by atoms with Crippen molar-refractivity contribution in [3.05, 3.63) is 18.7 Å². The van der Waals surface area contributed by atoms with Crippen molar-refractivity contribution in [2.75, 3.05) is 13.1 Å². The monoisotopic (exact) mass is 268 g/mol. The van der Waals surface area contributed by atoms with E-state index in [9.17, 15) is 9.90 Å².